The normalized spacial score (nSPS) is 23.5. The van der Waals surface area contributed by atoms with Crippen LogP contribution in [0.2, 0.25) is 0 Å². The summed E-state index contributed by atoms with van der Waals surface area (Å²) < 4.78 is 37.0. The SMILES string of the molecule is CCNC(=NCCN(C)CC(F)(F)F)N1CCC(N2CCCC2)C1. The molecule has 140 valence electrons. The molecule has 0 aromatic rings. The topological polar surface area (TPSA) is 34.1 Å². The Labute approximate surface area is 142 Å². The van der Waals surface area contributed by atoms with E-state index in [4.69, 9.17) is 0 Å². The summed E-state index contributed by atoms with van der Waals surface area (Å²) in [4.78, 5) is 10.6. The Morgan fingerprint density at radius 1 is 1.25 bits per heavy atom. The number of likely N-dealkylation sites (tertiary alicyclic amines) is 2. The Balaban J connectivity index is 1.82. The molecular weight excluding hydrogens is 319 g/mol. The first-order chi connectivity index (χ1) is 11.4. The van der Waals surface area contributed by atoms with E-state index in [0.717, 1.165) is 32.0 Å². The molecule has 0 saturated carbocycles. The molecule has 24 heavy (non-hydrogen) atoms. The maximum atomic E-state index is 12.3. The summed E-state index contributed by atoms with van der Waals surface area (Å²) >= 11 is 0. The molecule has 0 aromatic heterocycles. The lowest BCUT2D eigenvalue weighted by molar-refractivity contribution is -0.142. The van der Waals surface area contributed by atoms with Crippen LogP contribution in [0, 0.1) is 0 Å². The smallest absolute Gasteiger partial charge is 0.357 e. The van der Waals surface area contributed by atoms with E-state index in [1.54, 1.807) is 0 Å². The number of likely N-dealkylation sites (N-methyl/N-ethyl adjacent to an activating group) is 1. The van der Waals surface area contributed by atoms with E-state index in [1.165, 1.54) is 37.9 Å². The van der Waals surface area contributed by atoms with E-state index in [2.05, 4.69) is 20.1 Å². The van der Waals surface area contributed by atoms with Crippen LogP contribution >= 0.6 is 0 Å². The second kappa shape index (κ2) is 8.89. The van der Waals surface area contributed by atoms with Crippen LogP contribution in [-0.4, -0.2) is 92.3 Å². The van der Waals surface area contributed by atoms with Crippen molar-refractivity contribution in [2.24, 2.45) is 4.99 Å². The van der Waals surface area contributed by atoms with Crippen LogP contribution in [0.5, 0.6) is 0 Å². The van der Waals surface area contributed by atoms with Crippen molar-refractivity contribution in [3.05, 3.63) is 0 Å². The number of nitrogens with zero attached hydrogens (tertiary/aromatic N) is 4. The minimum absolute atomic E-state index is 0.303. The Morgan fingerprint density at radius 2 is 1.96 bits per heavy atom. The van der Waals surface area contributed by atoms with E-state index in [-0.39, 0.29) is 0 Å². The molecule has 0 amide bonds. The number of hydrogen-bond donors (Lipinski definition) is 1. The van der Waals surface area contributed by atoms with Gasteiger partial charge >= 0.3 is 6.18 Å². The number of rotatable bonds is 6. The second-order valence-corrected chi connectivity index (χ2v) is 6.72. The zero-order valence-corrected chi connectivity index (χ0v) is 14.8. The molecule has 2 rings (SSSR count). The van der Waals surface area contributed by atoms with Gasteiger partial charge in [0.25, 0.3) is 0 Å². The van der Waals surface area contributed by atoms with Gasteiger partial charge in [-0.15, -0.1) is 0 Å². The van der Waals surface area contributed by atoms with Crippen LogP contribution in [0.25, 0.3) is 0 Å². The average Bonchev–Trinajstić information content (AvgIpc) is 3.15. The molecule has 0 bridgehead atoms. The molecule has 1 atom stereocenters. The fourth-order valence-corrected chi connectivity index (χ4v) is 3.48. The van der Waals surface area contributed by atoms with E-state index < -0.39 is 12.7 Å². The minimum Gasteiger partial charge on any atom is -0.357 e. The van der Waals surface area contributed by atoms with Crippen molar-refractivity contribution in [2.45, 2.75) is 38.4 Å². The van der Waals surface area contributed by atoms with Crippen molar-refractivity contribution in [1.29, 1.82) is 0 Å². The molecule has 5 nitrogen and oxygen atoms in total. The van der Waals surface area contributed by atoms with Gasteiger partial charge in [-0.05, 0) is 46.3 Å². The molecule has 2 aliphatic rings. The van der Waals surface area contributed by atoms with Gasteiger partial charge in [-0.3, -0.25) is 14.8 Å². The summed E-state index contributed by atoms with van der Waals surface area (Å²) in [5.41, 5.74) is 0. The first-order valence-corrected chi connectivity index (χ1v) is 8.91. The Bertz CT molecular complexity index is 407. The van der Waals surface area contributed by atoms with Gasteiger partial charge in [0.15, 0.2) is 5.96 Å². The molecular formula is C16H30F3N5. The molecule has 1 N–H and O–H groups in total. The Morgan fingerprint density at radius 3 is 2.58 bits per heavy atom. The number of aliphatic imine (C=N–C) groups is 1. The number of nitrogens with one attached hydrogen (secondary N) is 1. The summed E-state index contributed by atoms with van der Waals surface area (Å²) in [5, 5.41) is 3.27. The van der Waals surface area contributed by atoms with Crippen LogP contribution in [-0.2, 0) is 0 Å². The Hall–Kier alpha value is -1.02. The van der Waals surface area contributed by atoms with Gasteiger partial charge in [-0.1, -0.05) is 0 Å². The number of halogens is 3. The molecule has 1 unspecified atom stereocenters. The lowest BCUT2D eigenvalue weighted by atomic mass is 10.2. The third kappa shape index (κ3) is 6.12. The van der Waals surface area contributed by atoms with Crippen molar-refractivity contribution in [2.75, 3.05) is 59.4 Å². The number of guanidine groups is 1. The van der Waals surface area contributed by atoms with Gasteiger partial charge in [0, 0.05) is 32.2 Å². The maximum Gasteiger partial charge on any atom is 0.401 e. The van der Waals surface area contributed by atoms with Crippen molar-refractivity contribution >= 4 is 5.96 Å². The van der Waals surface area contributed by atoms with E-state index in [9.17, 15) is 13.2 Å². The van der Waals surface area contributed by atoms with Crippen molar-refractivity contribution in [1.82, 2.24) is 20.0 Å². The van der Waals surface area contributed by atoms with E-state index in [0.29, 0.717) is 19.1 Å². The second-order valence-electron chi connectivity index (χ2n) is 6.72. The molecule has 2 heterocycles. The van der Waals surface area contributed by atoms with Gasteiger partial charge in [0.05, 0.1) is 13.1 Å². The molecule has 8 heteroatoms. The lowest BCUT2D eigenvalue weighted by Gasteiger charge is -2.25. The first kappa shape index (κ1) is 19.3. The van der Waals surface area contributed by atoms with Crippen LogP contribution < -0.4 is 5.32 Å². The number of hydrogen-bond acceptors (Lipinski definition) is 3. The molecule has 2 aliphatic heterocycles. The highest BCUT2D eigenvalue weighted by Crippen LogP contribution is 2.20. The summed E-state index contributed by atoms with van der Waals surface area (Å²) in [5.74, 6) is 0.833. The largest absolute Gasteiger partial charge is 0.401 e. The fourth-order valence-electron chi connectivity index (χ4n) is 3.48. The van der Waals surface area contributed by atoms with E-state index in [1.807, 2.05) is 6.92 Å². The van der Waals surface area contributed by atoms with Crippen LogP contribution in [0.1, 0.15) is 26.2 Å². The monoisotopic (exact) mass is 349 g/mol. The van der Waals surface area contributed by atoms with Crippen LogP contribution in [0.15, 0.2) is 4.99 Å². The van der Waals surface area contributed by atoms with Gasteiger partial charge in [0.2, 0.25) is 0 Å². The third-order valence-corrected chi connectivity index (χ3v) is 4.65. The van der Waals surface area contributed by atoms with Gasteiger partial charge in [-0.2, -0.15) is 13.2 Å². The van der Waals surface area contributed by atoms with Crippen LogP contribution in [0.3, 0.4) is 0 Å². The number of alkyl halides is 3. The zero-order valence-electron chi connectivity index (χ0n) is 14.8. The first-order valence-electron chi connectivity index (χ1n) is 8.91. The lowest BCUT2D eigenvalue weighted by Crippen LogP contribution is -2.43. The quantitative estimate of drug-likeness (QED) is 0.584. The zero-order chi connectivity index (χ0) is 17.6. The molecule has 2 fully saturated rings. The molecule has 0 aromatic carbocycles. The van der Waals surface area contributed by atoms with Crippen LogP contribution in [0.4, 0.5) is 13.2 Å². The summed E-state index contributed by atoms with van der Waals surface area (Å²) in [6.07, 6.45) is -0.439. The maximum absolute atomic E-state index is 12.3. The summed E-state index contributed by atoms with van der Waals surface area (Å²) in [6, 6.07) is 0.587. The highest BCUT2D eigenvalue weighted by atomic mass is 19.4. The predicted molar refractivity (Wildman–Crippen MR) is 90.3 cm³/mol. The highest BCUT2D eigenvalue weighted by Gasteiger charge is 2.31. The van der Waals surface area contributed by atoms with E-state index >= 15 is 0 Å². The predicted octanol–water partition coefficient (Wildman–Crippen LogP) is 1.62. The molecule has 0 aliphatic carbocycles. The van der Waals surface area contributed by atoms with Crippen molar-refractivity contribution in [3.63, 3.8) is 0 Å². The van der Waals surface area contributed by atoms with Crippen molar-refractivity contribution < 1.29 is 13.2 Å². The summed E-state index contributed by atoms with van der Waals surface area (Å²) in [6.45, 7) is 6.87. The minimum atomic E-state index is -4.15. The van der Waals surface area contributed by atoms with Gasteiger partial charge in [0.1, 0.15) is 0 Å². The van der Waals surface area contributed by atoms with Crippen molar-refractivity contribution in [3.8, 4) is 0 Å². The molecule has 0 spiro atoms. The Kier molecular flexibility index (Phi) is 7.16. The fraction of sp³-hybridized carbons (Fsp3) is 0.938. The standard InChI is InChI=1S/C16H30F3N5/c1-3-20-15(21-7-11-22(2)13-16(17,18)19)24-10-6-14(12-24)23-8-4-5-9-23/h14H,3-13H2,1-2H3,(H,20,21). The highest BCUT2D eigenvalue weighted by molar-refractivity contribution is 5.80. The molecule has 2 saturated heterocycles. The third-order valence-electron chi connectivity index (χ3n) is 4.65. The van der Waals surface area contributed by atoms with Gasteiger partial charge < -0.3 is 10.2 Å². The summed E-state index contributed by atoms with van der Waals surface area (Å²) in [7, 11) is 1.48. The molecule has 0 radical (unpaired) electrons. The van der Waals surface area contributed by atoms with Gasteiger partial charge in [-0.25, -0.2) is 0 Å². The average molecular weight is 349 g/mol.